The molecule has 1 aromatic carbocycles. The molecular formula is C26H38N4O5. The smallest absolute Gasteiger partial charge is 0.331 e. The topological polar surface area (TPSA) is 108 Å². The Kier molecular flexibility index (Phi) is 8.88. The van der Waals surface area contributed by atoms with Crippen molar-refractivity contribution in [2.24, 2.45) is 0 Å². The summed E-state index contributed by atoms with van der Waals surface area (Å²) in [6.45, 7) is 8.02. The van der Waals surface area contributed by atoms with E-state index in [2.05, 4.69) is 10.6 Å². The number of hydrogen-bond acceptors (Lipinski definition) is 6. The fraction of sp³-hybridized carbons (Fsp3) is 0.615. The normalized spacial score (nSPS) is 21.7. The second kappa shape index (κ2) is 11.7. The van der Waals surface area contributed by atoms with Gasteiger partial charge in [0, 0.05) is 19.5 Å². The fourth-order valence-corrected chi connectivity index (χ4v) is 4.56. The van der Waals surface area contributed by atoms with Crippen molar-refractivity contribution in [3.05, 3.63) is 35.9 Å². The molecule has 9 nitrogen and oxygen atoms in total. The lowest BCUT2D eigenvalue weighted by Crippen LogP contribution is -2.63. The molecule has 2 saturated heterocycles. The molecule has 0 spiro atoms. The minimum atomic E-state index is -0.867. The van der Waals surface area contributed by atoms with Gasteiger partial charge in [-0.2, -0.15) is 0 Å². The fourth-order valence-electron chi connectivity index (χ4n) is 4.56. The van der Waals surface area contributed by atoms with Gasteiger partial charge < -0.3 is 10.1 Å². The van der Waals surface area contributed by atoms with E-state index in [-0.39, 0.29) is 30.6 Å². The molecule has 0 bridgehead atoms. The van der Waals surface area contributed by atoms with Crippen molar-refractivity contribution < 1.29 is 23.9 Å². The van der Waals surface area contributed by atoms with Gasteiger partial charge in [0.1, 0.15) is 5.60 Å². The summed E-state index contributed by atoms with van der Waals surface area (Å²) >= 11 is 0. The van der Waals surface area contributed by atoms with E-state index in [1.165, 1.54) is 10.0 Å². The van der Waals surface area contributed by atoms with Crippen LogP contribution in [0, 0.1) is 0 Å². The van der Waals surface area contributed by atoms with Gasteiger partial charge in [0.25, 0.3) is 5.91 Å². The summed E-state index contributed by atoms with van der Waals surface area (Å²) in [4.78, 5) is 52.5. The Balaban J connectivity index is 1.81. The number of ether oxygens (including phenoxy) is 1. The number of hydrogen-bond donors (Lipinski definition) is 2. The lowest BCUT2D eigenvalue weighted by Gasteiger charge is -2.43. The number of rotatable bonds is 8. The van der Waals surface area contributed by atoms with Gasteiger partial charge in [-0.05, 0) is 65.4 Å². The molecule has 0 aliphatic carbocycles. The molecule has 1 aromatic rings. The molecule has 3 amide bonds. The minimum absolute atomic E-state index is 0.155. The van der Waals surface area contributed by atoms with E-state index in [4.69, 9.17) is 4.74 Å². The summed E-state index contributed by atoms with van der Waals surface area (Å²) in [5, 5.41) is 8.75. The summed E-state index contributed by atoms with van der Waals surface area (Å²) in [6, 6.07) is 7.59. The lowest BCUT2D eigenvalue weighted by molar-refractivity contribution is -0.188. The van der Waals surface area contributed by atoms with Crippen LogP contribution in [0.2, 0.25) is 0 Å². The molecule has 0 radical (unpaired) electrons. The second-order valence-electron chi connectivity index (χ2n) is 10.1. The number of amides is 3. The Morgan fingerprint density at radius 2 is 1.86 bits per heavy atom. The zero-order chi connectivity index (χ0) is 25.6. The maximum atomic E-state index is 13.7. The van der Waals surface area contributed by atoms with Crippen LogP contribution in [-0.2, 0) is 30.3 Å². The molecule has 0 saturated carbocycles. The molecule has 35 heavy (non-hydrogen) atoms. The zero-order valence-corrected chi connectivity index (χ0v) is 21.2. The number of likely N-dealkylation sites (N-methyl/N-ethyl adjacent to an activating group) is 1. The molecule has 2 aliphatic heterocycles. The SMILES string of the molecule is CCNC(=O)[C@H](CCc1ccccc1)N[C@H]1CCC(=O)N2CCC[C@@H](C(=O)OC(C)(C)C)N2C1=O. The van der Waals surface area contributed by atoms with Crippen LogP contribution in [0.1, 0.15) is 65.4 Å². The third kappa shape index (κ3) is 7.04. The van der Waals surface area contributed by atoms with Crippen LogP contribution in [0.25, 0.3) is 0 Å². The molecule has 9 heteroatoms. The molecular weight excluding hydrogens is 448 g/mol. The zero-order valence-electron chi connectivity index (χ0n) is 21.2. The predicted octanol–water partition coefficient (Wildman–Crippen LogP) is 1.95. The molecule has 2 N–H and O–H groups in total. The average molecular weight is 487 g/mol. The largest absolute Gasteiger partial charge is 0.458 e. The molecule has 2 heterocycles. The number of nitrogens with zero attached hydrogens (tertiary/aromatic N) is 2. The van der Waals surface area contributed by atoms with Crippen molar-refractivity contribution in [2.75, 3.05) is 13.1 Å². The standard InChI is InChI=1S/C26H38N4O5/c1-5-27-23(32)19(14-13-18-10-7-6-8-11-18)28-20-15-16-22(31)29-17-9-12-21(30(29)24(20)33)25(34)35-26(2,3)4/h6-8,10-11,19-21,28H,5,9,12-17H2,1-4H3,(H,27,32)/t19-,20-,21-/m0/s1. The molecule has 0 aromatic heterocycles. The van der Waals surface area contributed by atoms with Crippen LogP contribution in [0.5, 0.6) is 0 Å². The molecule has 192 valence electrons. The summed E-state index contributed by atoms with van der Waals surface area (Å²) < 4.78 is 5.57. The third-order valence-corrected chi connectivity index (χ3v) is 6.17. The van der Waals surface area contributed by atoms with Gasteiger partial charge in [0.15, 0.2) is 6.04 Å². The van der Waals surface area contributed by atoms with E-state index in [0.717, 1.165) is 5.56 Å². The monoisotopic (exact) mass is 486 g/mol. The van der Waals surface area contributed by atoms with Crippen molar-refractivity contribution in [1.29, 1.82) is 0 Å². The van der Waals surface area contributed by atoms with Crippen LogP contribution < -0.4 is 10.6 Å². The maximum Gasteiger partial charge on any atom is 0.331 e. The number of aryl methyl sites for hydroxylation is 1. The highest BCUT2D eigenvalue weighted by atomic mass is 16.6. The lowest BCUT2D eigenvalue weighted by atomic mass is 10.0. The number of hydrazine groups is 1. The van der Waals surface area contributed by atoms with E-state index in [9.17, 15) is 19.2 Å². The number of nitrogens with one attached hydrogen (secondary N) is 2. The second-order valence-corrected chi connectivity index (χ2v) is 10.1. The van der Waals surface area contributed by atoms with E-state index < -0.39 is 29.7 Å². The summed E-state index contributed by atoms with van der Waals surface area (Å²) in [5.74, 6) is -1.28. The van der Waals surface area contributed by atoms with Crippen molar-refractivity contribution in [3.63, 3.8) is 0 Å². The van der Waals surface area contributed by atoms with Crippen molar-refractivity contribution in [3.8, 4) is 0 Å². The van der Waals surface area contributed by atoms with Gasteiger partial charge in [0.05, 0.1) is 12.1 Å². The van der Waals surface area contributed by atoms with Crippen LogP contribution in [0.15, 0.2) is 30.3 Å². The van der Waals surface area contributed by atoms with E-state index in [1.807, 2.05) is 37.3 Å². The van der Waals surface area contributed by atoms with E-state index in [0.29, 0.717) is 38.8 Å². The number of benzene rings is 1. The van der Waals surface area contributed by atoms with Crippen molar-refractivity contribution >= 4 is 23.7 Å². The van der Waals surface area contributed by atoms with E-state index >= 15 is 0 Å². The van der Waals surface area contributed by atoms with E-state index in [1.54, 1.807) is 20.8 Å². The number of fused-ring (bicyclic) bond motifs is 1. The van der Waals surface area contributed by atoms with Gasteiger partial charge in [0.2, 0.25) is 11.8 Å². The summed E-state index contributed by atoms with van der Waals surface area (Å²) in [6.07, 6.45) is 2.59. The van der Waals surface area contributed by atoms with Crippen molar-refractivity contribution in [1.82, 2.24) is 20.7 Å². The Labute approximate surface area is 207 Å². The van der Waals surface area contributed by atoms with Gasteiger partial charge in [-0.1, -0.05) is 30.3 Å². The van der Waals surface area contributed by atoms with Gasteiger partial charge >= 0.3 is 5.97 Å². The molecule has 3 atom stereocenters. The molecule has 3 rings (SSSR count). The van der Waals surface area contributed by atoms with Crippen LogP contribution in [0.4, 0.5) is 0 Å². The Hall–Kier alpha value is -2.94. The first kappa shape index (κ1) is 26.7. The van der Waals surface area contributed by atoms with Crippen LogP contribution in [0.3, 0.4) is 0 Å². The average Bonchev–Trinajstić information content (AvgIpc) is 2.93. The predicted molar refractivity (Wildman–Crippen MR) is 131 cm³/mol. The Morgan fingerprint density at radius 3 is 2.51 bits per heavy atom. The Bertz CT molecular complexity index is 914. The number of esters is 1. The molecule has 2 fully saturated rings. The molecule has 0 unspecified atom stereocenters. The quantitative estimate of drug-likeness (QED) is 0.544. The highest BCUT2D eigenvalue weighted by Gasteiger charge is 2.46. The van der Waals surface area contributed by atoms with Gasteiger partial charge in [-0.25, -0.2) is 9.80 Å². The maximum absolute atomic E-state index is 13.7. The number of carbonyl (C=O) groups excluding carboxylic acids is 4. The highest BCUT2D eigenvalue weighted by Crippen LogP contribution is 2.27. The molecule has 2 aliphatic rings. The van der Waals surface area contributed by atoms with Crippen LogP contribution in [-0.4, -0.2) is 70.5 Å². The first-order valence-corrected chi connectivity index (χ1v) is 12.5. The minimum Gasteiger partial charge on any atom is -0.458 e. The van der Waals surface area contributed by atoms with Crippen molar-refractivity contribution in [2.45, 2.75) is 89.9 Å². The third-order valence-electron chi connectivity index (χ3n) is 6.17. The van der Waals surface area contributed by atoms with Crippen LogP contribution >= 0.6 is 0 Å². The first-order valence-electron chi connectivity index (χ1n) is 12.5. The number of carbonyl (C=O) groups is 4. The van der Waals surface area contributed by atoms with Gasteiger partial charge in [-0.3, -0.25) is 24.7 Å². The summed E-state index contributed by atoms with van der Waals surface area (Å²) in [5.41, 5.74) is 0.384. The Morgan fingerprint density at radius 1 is 1.14 bits per heavy atom. The van der Waals surface area contributed by atoms with Gasteiger partial charge in [-0.15, -0.1) is 0 Å². The first-order chi connectivity index (χ1) is 16.6. The highest BCUT2D eigenvalue weighted by molar-refractivity contribution is 5.93. The summed E-state index contributed by atoms with van der Waals surface area (Å²) in [7, 11) is 0.